The zero-order chi connectivity index (χ0) is 14.8. The zero-order valence-corrected chi connectivity index (χ0v) is 12.0. The van der Waals surface area contributed by atoms with Crippen molar-refractivity contribution in [3.63, 3.8) is 0 Å². The van der Waals surface area contributed by atoms with Gasteiger partial charge in [0.2, 0.25) is 5.91 Å². The SMILES string of the molecule is CC1NNNC1C(=O)NC(c1ccccc1)C1CC(O)C1. The summed E-state index contributed by atoms with van der Waals surface area (Å²) in [4.78, 5) is 12.4. The van der Waals surface area contributed by atoms with Crippen LogP contribution in [0.3, 0.4) is 0 Å². The molecule has 0 spiro atoms. The number of amides is 1. The van der Waals surface area contributed by atoms with E-state index in [0.717, 1.165) is 18.4 Å². The van der Waals surface area contributed by atoms with E-state index < -0.39 is 0 Å². The zero-order valence-electron chi connectivity index (χ0n) is 12.0. The van der Waals surface area contributed by atoms with Crippen LogP contribution in [-0.4, -0.2) is 29.2 Å². The lowest BCUT2D eigenvalue weighted by Gasteiger charge is -2.38. The molecule has 1 saturated heterocycles. The van der Waals surface area contributed by atoms with E-state index in [9.17, 15) is 9.90 Å². The van der Waals surface area contributed by atoms with Gasteiger partial charge in [-0.05, 0) is 31.2 Å². The van der Waals surface area contributed by atoms with Crippen LogP contribution in [0.2, 0.25) is 0 Å². The maximum absolute atomic E-state index is 12.4. The Labute approximate surface area is 124 Å². The Balaban J connectivity index is 1.72. The lowest BCUT2D eigenvalue weighted by Crippen LogP contribution is -2.50. The van der Waals surface area contributed by atoms with E-state index >= 15 is 0 Å². The maximum Gasteiger partial charge on any atom is 0.240 e. The molecule has 6 heteroatoms. The molecule has 114 valence electrons. The second-order valence-corrected chi connectivity index (χ2v) is 5.96. The van der Waals surface area contributed by atoms with Gasteiger partial charge < -0.3 is 10.4 Å². The molecule has 1 heterocycles. The van der Waals surface area contributed by atoms with Crippen LogP contribution in [0.5, 0.6) is 0 Å². The molecule has 1 aliphatic carbocycles. The third-order valence-corrected chi connectivity index (χ3v) is 4.39. The Morgan fingerprint density at radius 1 is 1.29 bits per heavy atom. The number of aliphatic hydroxyl groups is 1. The number of hydrogen-bond acceptors (Lipinski definition) is 5. The van der Waals surface area contributed by atoms with Crippen LogP contribution in [0.25, 0.3) is 0 Å². The molecular formula is C15H22N4O2. The van der Waals surface area contributed by atoms with E-state index in [2.05, 4.69) is 21.7 Å². The van der Waals surface area contributed by atoms with Crippen LogP contribution >= 0.6 is 0 Å². The number of nitrogens with one attached hydrogen (secondary N) is 4. The largest absolute Gasteiger partial charge is 0.393 e. The van der Waals surface area contributed by atoms with Gasteiger partial charge in [0.1, 0.15) is 6.04 Å². The highest BCUT2D eigenvalue weighted by atomic mass is 16.3. The summed E-state index contributed by atoms with van der Waals surface area (Å²) in [5, 5.41) is 12.7. The Morgan fingerprint density at radius 2 is 2.00 bits per heavy atom. The third kappa shape index (κ3) is 3.08. The molecular weight excluding hydrogens is 268 g/mol. The van der Waals surface area contributed by atoms with Crippen LogP contribution in [0.1, 0.15) is 31.4 Å². The van der Waals surface area contributed by atoms with Crippen LogP contribution in [0.4, 0.5) is 0 Å². The van der Waals surface area contributed by atoms with Crippen LogP contribution in [0, 0.1) is 5.92 Å². The van der Waals surface area contributed by atoms with E-state index in [4.69, 9.17) is 0 Å². The van der Waals surface area contributed by atoms with E-state index in [1.54, 1.807) is 0 Å². The van der Waals surface area contributed by atoms with E-state index in [1.807, 2.05) is 37.3 Å². The Morgan fingerprint density at radius 3 is 2.57 bits per heavy atom. The fraction of sp³-hybridized carbons (Fsp3) is 0.533. The molecule has 5 N–H and O–H groups in total. The smallest absolute Gasteiger partial charge is 0.240 e. The van der Waals surface area contributed by atoms with Crippen molar-refractivity contribution >= 4 is 5.91 Å². The Kier molecular flexibility index (Phi) is 4.21. The van der Waals surface area contributed by atoms with Gasteiger partial charge in [-0.2, -0.15) is 5.53 Å². The summed E-state index contributed by atoms with van der Waals surface area (Å²) in [7, 11) is 0. The average Bonchev–Trinajstić information content (AvgIpc) is 2.89. The molecule has 1 aromatic carbocycles. The molecule has 21 heavy (non-hydrogen) atoms. The van der Waals surface area contributed by atoms with Crippen LogP contribution < -0.4 is 21.7 Å². The van der Waals surface area contributed by atoms with Gasteiger partial charge in [0.25, 0.3) is 0 Å². The highest BCUT2D eigenvalue weighted by Crippen LogP contribution is 2.38. The predicted octanol–water partition coefficient (Wildman–Crippen LogP) is -0.0157. The number of hydrogen-bond donors (Lipinski definition) is 5. The Hall–Kier alpha value is -1.47. The summed E-state index contributed by atoms with van der Waals surface area (Å²) in [5.41, 5.74) is 9.76. The minimum atomic E-state index is -0.304. The molecule has 1 saturated carbocycles. The van der Waals surface area contributed by atoms with E-state index in [0.29, 0.717) is 5.92 Å². The average molecular weight is 290 g/mol. The highest BCUT2D eigenvalue weighted by Gasteiger charge is 2.38. The first-order valence-corrected chi connectivity index (χ1v) is 7.44. The molecule has 2 aliphatic rings. The van der Waals surface area contributed by atoms with Crippen molar-refractivity contribution in [1.82, 2.24) is 21.7 Å². The van der Waals surface area contributed by atoms with Crippen LogP contribution in [-0.2, 0) is 4.79 Å². The minimum absolute atomic E-state index is 0.0217. The molecule has 3 unspecified atom stereocenters. The van der Waals surface area contributed by atoms with Crippen LogP contribution in [0.15, 0.2) is 30.3 Å². The Bertz CT molecular complexity index is 490. The molecule has 1 amide bonds. The third-order valence-electron chi connectivity index (χ3n) is 4.39. The second kappa shape index (κ2) is 6.11. The first-order chi connectivity index (χ1) is 10.1. The molecule has 1 aromatic rings. The topological polar surface area (TPSA) is 85.4 Å². The highest BCUT2D eigenvalue weighted by molar-refractivity contribution is 5.83. The van der Waals surface area contributed by atoms with Crippen molar-refractivity contribution in [3.8, 4) is 0 Å². The summed E-state index contributed by atoms with van der Waals surface area (Å²) >= 11 is 0. The van der Waals surface area contributed by atoms with Gasteiger partial charge in [-0.1, -0.05) is 30.3 Å². The van der Waals surface area contributed by atoms with Crippen molar-refractivity contribution in [1.29, 1.82) is 0 Å². The molecule has 0 aromatic heterocycles. The quantitative estimate of drug-likeness (QED) is 0.538. The minimum Gasteiger partial charge on any atom is -0.393 e. The standard InChI is InChI=1S/C15H22N4O2/c1-9-13(18-19-17-9)15(21)16-14(11-7-12(20)8-11)10-5-3-2-4-6-10/h2-6,9,11-14,17-20H,7-8H2,1H3,(H,16,21). The molecule has 0 bridgehead atoms. The number of aliphatic hydroxyl groups excluding tert-OH is 1. The number of benzene rings is 1. The predicted molar refractivity (Wildman–Crippen MR) is 78.7 cm³/mol. The van der Waals surface area contributed by atoms with Crippen molar-refractivity contribution in [2.24, 2.45) is 5.92 Å². The maximum atomic E-state index is 12.4. The number of carbonyl (C=O) groups is 1. The van der Waals surface area contributed by atoms with Gasteiger partial charge in [-0.3, -0.25) is 4.79 Å². The van der Waals surface area contributed by atoms with Gasteiger partial charge >= 0.3 is 0 Å². The van der Waals surface area contributed by atoms with Crippen molar-refractivity contribution in [2.75, 3.05) is 0 Å². The first kappa shape index (κ1) is 14.5. The molecule has 3 atom stereocenters. The molecule has 2 fully saturated rings. The van der Waals surface area contributed by atoms with Gasteiger partial charge in [-0.25, -0.2) is 10.9 Å². The van der Waals surface area contributed by atoms with E-state index in [-0.39, 0.29) is 30.1 Å². The first-order valence-electron chi connectivity index (χ1n) is 7.44. The fourth-order valence-electron chi connectivity index (χ4n) is 3.01. The number of hydrazine groups is 2. The summed E-state index contributed by atoms with van der Waals surface area (Å²) in [6, 6.07) is 9.64. The lowest BCUT2D eigenvalue weighted by molar-refractivity contribution is -0.125. The summed E-state index contributed by atoms with van der Waals surface area (Å²) in [5.74, 6) is 0.263. The number of rotatable bonds is 4. The molecule has 1 aliphatic heterocycles. The van der Waals surface area contributed by atoms with Crippen molar-refractivity contribution < 1.29 is 9.90 Å². The monoisotopic (exact) mass is 290 g/mol. The van der Waals surface area contributed by atoms with Gasteiger partial charge in [0.15, 0.2) is 0 Å². The van der Waals surface area contributed by atoms with E-state index in [1.165, 1.54) is 0 Å². The van der Waals surface area contributed by atoms with Gasteiger partial charge in [-0.15, -0.1) is 0 Å². The molecule has 0 radical (unpaired) electrons. The normalized spacial score (nSPS) is 33.2. The summed E-state index contributed by atoms with van der Waals surface area (Å²) < 4.78 is 0. The lowest BCUT2D eigenvalue weighted by atomic mass is 9.75. The van der Waals surface area contributed by atoms with Gasteiger partial charge in [0, 0.05) is 6.04 Å². The summed E-state index contributed by atoms with van der Waals surface area (Å²) in [6.07, 6.45) is 1.25. The fourth-order valence-corrected chi connectivity index (χ4v) is 3.01. The molecule has 3 rings (SSSR count). The van der Waals surface area contributed by atoms with Crippen molar-refractivity contribution in [2.45, 2.75) is 44.0 Å². The second-order valence-electron chi connectivity index (χ2n) is 5.96. The van der Waals surface area contributed by atoms with Gasteiger partial charge in [0.05, 0.1) is 12.1 Å². The van der Waals surface area contributed by atoms with Crippen molar-refractivity contribution in [3.05, 3.63) is 35.9 Å². The molecule has 6 nitrogen and oxygen atoms in total. The summed E-state index contributed by atoms with van der Waals surface area (Å²) in [6.45, 7) is 1.95. The number of carbonyl (C=O) groups excluding carboxylic acids is 1.